The maximum atomic E-state index is 12.0. The Morgan fingerprint density at radius 3 is 2.24 bits per heavy atom. The Kier molecular flexibility index (Phi) is 9.85. The summed E-state index contributed by atoms with van der Waals surface area (Å²) in [5, 5.41) is 7.96. The van der Waals surface area contributed by atoms with Gasteiger partial charge >= 0.3 is 23.9 Å². The molecule has 0 bridgehead atoms. The number of fused-ring (bicyclic) bond motifs is 1. The molecule has 0 amide bonds. The van der Waals surface area contributed by atoms with Crippen LogP contribution in [0.3, 0.4) is 0 Å². The minimum absolute atomic E-state index is 0.312. The number of esters is 4. The minimum atomic E-state index is -1.27. The summed E-state index contributed by atoms with van der Waals surface area (Å²) in [4.78, 5) is 47.4. The Labute approximate surface area is 220 Å². The van der Waals surface area contributed by atoms with Gasteiger partial charge in [-0.15, -0.1) is 0 Å². The molecule has 1 aliphatic heterocycles. The summed E-state index contributed by atoms with van der Waals surface area (Å²) in [6.07, 6.45) is -1.27. The zero-order valence-electron chi connectivity index (χ0n) is 22.1. The number of benzene rings is 1. The van der Waals surface area contributed by atoms with E-state index in [1.165, 1.54) is 27.7 Å². The molecule has 2 aromatic rings. The van der Waals surface area contributed by atoms with Crippen LogP contribution in [0, 0.1) is 11.8 Å². The summed E-state index contributed by atoms with van der Waals surface area (Å²) >= 11 is 0. The van der Waals surface area contributed by atoms with Crippen LogP contribution in [0.15, 0.2) is 18.3 Å². The highest BCUT2D eigenvalue weighted by Crippen LogP contribution is 2.29. The third-order valence-electron chi connectivity index (χ3n) is 5.77. The number of aromatic amines is 1. The van der Waals surface area contributed by atoms with Crippen LogP contribution in [0.1, 0.15) is 58.6 Å². The minimum Gasteiger partial charge on any atom is -0.463 e. The number of carbonyl (C=O) groups is 4. The molecular formula is C27H32N2O9. The van der Waals surface area contributed by atoms with Crippen molar-refractivity contribution < 1.29 is 42.9 Å². The van der Waals surface area contributed by atoms with Crippen LogP contribution in [0.2, 0.25) is 0 Å². The summed E-state index contributed by atoms with van der Waals surface area (Å²) < 4.78 is 27.5. The van der Waals surface area contributed by atoms with E-state index < -0.39 is 54.4 Å². The van der Waals surface area contributed by atoms with E-state index in [0.717, 1.165) is 35.7 Å². The lowest BCUT2D eigenvalue weighted by atomic mass is 9.94. The van der Waals surface area contributed by atoms with Gasteiger partial charge in [0.05, 0.1) is 17.3 Å². The molecule has 11 nitrogen and oxygen atoms in total. The molecule has 5 atom stereocenters. The van der Waals surface area contributed by atoms with Gasteiger partial charge in [-0.2, -0.15) is 5.10 Å². The quantitative estimate of drug-likeness (QED) is 0.308. The Hall–Kier alpha value is -3.91. The first-order valence-corrected chi connectivity index (χ1v) is 12.4. The predicted octanol–water partition coefficient (Wildman–Crippen LogP) is 2.38. The summed E-state index contributed by atoms with van der Waals surface area (Å²) in [6.45, 7) is 6.54. The number of nitrogens with zero attached hydrogens (tertiary/aromatic N) is 1. The molecule has 204 valence electrons. The van der Waals surface area contributed by atoms with E-state index in [0.29, 0.717) is 5.56 Å². The summed E-state index contributed by atoms with van der Waals surface area (Å²) in [5.74, 6) is 3.40. The molecule has 1 fully saturated rings. The number of carbonyl (C=O) groups excluding carboxylic acids is 4. The molecule has 11 heteroatoms. The van der Waals surface area contributed by atoms with E-state index in [4.69, 9.17) is 23.7 Å². The van der Waals surface area contributed by atoms with E-state index in [9.17, 15) is 19.2 Å². The predicted molar refractivity (Wildman–Crippen MR) is 134 cm³/mol. The molecular weight excluding hydrogens is 496 g/mol. The van der Waals surface area contributed by atoms with Gasteiger partial charge in [-0.1, -0.05) is 25.2 Å². The number of aryl methyl sites for hydroxylation is 1. The zero-order chi connectivity index (χ0) is 27.8. The standard InChI is InChI=1S/C27H32N2O9/c1-6-7-8-19-11-20(24-21(12-19)13-28-29-24)9-10-22-25(35-16(3)31)27(37-18(5)33)26(36-17(4)32)23(38-22)14-34-15(2)30/h11-13,22-23,25-27H,6-8,14H2,1-5H3,(H,28,29)/t22-,23-,25-,26-,27-/m1/s1. The van der Waals surface area contributed by atoms with Crippen LogP contribution in [0.25, 0.3) is 10.9 Å². The van der Waals surface area contributed by atoms with Gasteiger partial charge in [0.2, 0.25) is 0 Å². The highest BCUT2D eigenvalue weighted by molar-refractivity contribution is 5.85. The molecule has 0 aliphatic carbocycles. The lowest BCUT2D eigenvalue weighted by molar-refractivity contribution is -0.242. The second-order valence-electron chi connectivity index (χ2n) is 8.97. The van der Waals surface area contributed by atoms with Gasteiger partial charge in [-0.25, -0.2) is 0 Å². The van der Waals surface area contributed by atoms with E-state index in [1.807, 2.05) is 12.1 Å². The van der Waals surface area contributed by atoms with Crippen molar-refractivity contribution in [3.63, 3.8) is 0 Å². The van der Waals surface area contributed by atoms with Crippen molar-refractivity contribution in [1.82, 2.24) is 10.2 Å². The first-order valence-electron chi connectivity index (χ1n) is 12.4. The zero-order valence-corrected chi connectivity index (χ0v) is 22.1. The Morgan fingerprint density at radius 2 is 1.61 bits per heavy atom. The molecule has 0 radical (unpaired) electrons. The third kappa shape index (κ3) is 7.55. The largest absolute Gasteiger partial charge is 0.463 e. The fourth-order valence-corrected chi connectivity index (χ4v) is 4.24. The van der Waals surface area contributed by atoms with Crippen LogP contribution < -0.4 is 0 Å². The molecule has 0 unspecified atom stereocenters. The van der Waals surface area contributed by atoms with Crippen LogP contribution in [0.4, 0.5) is 0 Å². The smallest absolute Gasteiger partial charge is 0.303 e. The Morgan fingerprint density at radius 1 is 0.947 bits per heavy atom. The van der Waals surface area contributed by atoms with E-state index in [-0.39, 0.29) is 6.61 Å². The van der Waals surface area contributed by atoms with Crippen molar-refractivity contribution in [3.05, 3.63) is 29.5 Å². The molecule has 0 saturated carbocycles. The molecule has 3 rings (SSSR count). The number of aromatic nitrogens is 2. The van der Waals surface area contributed by atoms with Crippen LogP contribution in [-0.4, -0.2) is 71.2 Å². The highest BCUT2D eigenvalue weighted by atomic mass is 16.7. The van der Waals surface area contributed by atoms with Crippen LogP contribution >= 0.6 is 0 Å². The fraction of sp³-hybridized carbons (Fsp3) is 0.519. The fourth-order valence-electron chi connectivity index (χ4n) is 4.24. The maximum Gasteiger partial charge on any atom is 0.303 e. The van der Waals surface area contributed by atoms with E-state index in [2.05, 4.69) is 29.0 Å². The number of unbranched alkanes of at least 4 members (excludes halogenated alkanes) is 1. The highest BCUT2D eigenvalue weighted by Gasteiger charge is 2.51. The summed E-state index contributed by atoms with van der Waals surface area (Å²) in [7, 11) is 0. The van der Waals surface area contributed by atoms with Crippen molar-refractivity contribution in [2.75, 3.05) is 6.61 Å². The molecule has 1 aromatic carbocycles. The second-order valence-corrected chi connectivity index (χ2v) is 8.97. The average Bonchev–Trinajstić information content (AvgIpc) is 3.31. The van der Waals surface area contributed by atoms with Crippen molar-refractivity contribution in [2.45, 2.75) is 84.4 Å². The lowest BCUT2D eigenvalue weighted by Gasteiger charge is -2.42. The molecule has 1 saturated heterocycles. The first-order chi connectivity index (χ1) is 18.1. The molecule has 1 N–H and O–H groups in total. The number of H-pyrrole nitrogens is 1. The number of rotatable bonds is 8. The Bertz CT molecular complexity index is 1240. The van der Waals surface area contributed by atoms with Gasteiger partial charge in [0, 0.05) is 33.1 Å². The third-order valence-corrected chi connectivity index (χ3v) is 5.77. The van der Waals surface area contributed by atoms with Gasteiger partial charge in [0.1, 0.15) is 12.7 Å². The van der Waals surface area contributed by atoms with Gasteiger partial charge in [-0.3, -0.25) is 24.3 Å². The number of nitrogens with one attached hydrogen (secondary N) is 1. The number of ether oxygens (including phenoxy) is 5. The SMILES string of the molecule is CCCCc1cc(C#C[C@H]2O[C@H](COC(C)=O)[C@@H](OC(C)=O)[C@H](OC(C)=O)[C@@H]2OC(C)=O)c2[nH]ncc2c1. The van der Waals surface area contributed by atoms with E-state index >= 15 is 0 Å². The lowest BCUT2D eigenvalue weighted by Crippen LogP contribution is -2.62. The molecule has 0 spiro atoms. The molecule has 1 aromatic heterocycles. The normalized spacial score (nSPS) is 22.6. The molecule has 2 heterocycles. The summed E-state index contributed by atoms with van der Waals surface area (Å²) in [6, 6.07) is 4.00. The molecule has 1 aliphatic rings. The van der Waals surface area contributed by atoms with E-state index in [1.54, 1.807) is 6.20 Å². The van der Waals surface area contributed by atoms with Crippen molar-refractivity contribution in [1.29, 1.82) is 0 Å². The summed E-state index contributed by atoms with van der Waals surface area (Å²) in [5.41, 5.74) is 2.47. The van der Waals surface area contributed by atoms with Crippen LogP contribution in [0.5, 0.6) is 0 Å². The van der Waals surface area contributed by atoms with Gasteiger partial charge in [0.15, 0.2) is 24.4 Å². The van der Waals surface area contributed by atoms with Gasteiger partial charge in [-0.05, 0) is 30.5 Å². The van der Waals surface area contributed by atoms with Crippen molar-refractivity contribution in [2.24, 2.45) is 0 Å². The second kappa shape index (κ2) is 13.1. The van der Waals surface area contributed by atoms with Gasteiger partial charge < -0.3 is 23.7 Å². The average molecular weight is 529 g/mol. The molecule has 38 heavy (non-hydrogen) atoms. The van der Waals surface area contributed by atoms with Crippen molar-refractivity contribution in [3.8, 4) is 11.8 Å². The van der Waals surface area contributed by atoms with Crippen LogP contribution in [-0.2, 0) is 49.3 Å². The van der Waals surface area contributed by atoms with Crippen molar-refractivity contribution >= 4 is 34.8 Å². The number of hydrogen-bond donors (Lipinski definition) is 1. The van der Waals surface area contributed by atoms with Gasteiger partial charge in [0.25, 0.3) is 0 Å². The first kappa shape index (κ1) is 28.7. The maximum absolute atomic E-state index is 12.0. The Balaban J connectivity index is 2.06. The number of hydrogen-bond acceptors (Lipinski definition) is 10. The topological polar surface area (TPSA) is 143 Å². The monoisotopic (exact) mass is 528 g/mol.